The van der Waals surface area contributed by atoms with Crippen LogP contribution in [0, 0.1) is 11.8 Å². The van der Waals surface area contributed by atoms with Gasteiger partial charge in [0.1, 0.15) is 0 Å². The molecule has 2 atom stereocenters. The molecule has 1 aliphatic rings. The number of carbonyl (C=O) groups excluding carboxylic acids is 1. The number of carbonyl (C=O) groups is 2. The Hall–Kier alpha value is -1.07. The van der Waals surface area contributed by atoms with Crippen molar-refractivity contribution in [1.29, 1.82) is 0 Å². The summed E-state index contributed by atoms with van der Waals surface area (Å²) >= 11 is 9.44. The highest BCUT2D eigenvalue weighted by atomic mass is 79.9. The summed E-state index contributed by atoms with van der Waals surface area (Å²) in [6, 6.07) is 5.51. The number of nitrogens with one attached hydrogen (secondary N) is 1. The molecule has 0 saturated heterocycles. The zero-order chi connectivity index (χ0) is 15.4. The number of amides is 1. The van der Waals surface area contributed by atoms with Gasteiger partial charge in [-0.25, -0.2) is 0 Å². The molecule has 2 unspecified atom stereocenters. The van der Waals surface area contributed by atoms with Gasteiger partial charge < -0.3 is 10.4 Å². The van der Waals surface area contributed by atoms with Crippen LogP contribution in [0.2, 0.25) is 5.02 Å². The van der Waals surface area contributed by atoms with Gasteiger partial charge in [-0.05, 0) is 37.0 Å². The Bertz CT molecular complexity index is 550. The van der Waals surface area contributed by atoms with Crippen LogP contribution in [0.1, 0.15) is 31.2 Å². The van der Waals surface area contributed by atoms with Crippen molar-refractivity contribution >= 4 is 39.4 Å². The van der Waals surface area contributed by atoms with Crippen LogP contribution in [0.15, 0.2) is 22.7 Å². The highest BCUT2D eigenvalue weighted by Crippen LogP contribution is 2.29. The first-order valence-corrected chi connectivity index (χ1v) is 8.09. The fraction of sp³-hybridized carbons (Fsp3) is 0.467. The molecule has 114 valence electrons. The Morgan fingerprint density at radius 3 is 2.71 bits per heavy atom. The van der Waals surface area contributed by atoms with Crippen molar-refractivity contribution in [2.75, 3.05) is 0 Å². The number of carboxylic acid groups (broad SMARTS) is 1. The van der Waals surface area contributed by atoms with Gasteiger partial charge in [-0.1, -0.05) is 40.0 Å². The van der Waals surface area contributed by atoms with Crippen molar-refractivity contribution < 1.29 is 14.7 Å². The zero-order valence-electron chi connectivity index (χ0n) is 11.4. The van der Waals surface area contributed by atoms with Gasteiger partial charge in [0, 0.05) is 22.0 Å². The second kappa shape index (κ2) is 7.27. The fourth-order valence-electron chi connectivity index (χ4n) is 2.64. The Balaban J connectivity index is 1.90. The maximum absolute atomic E-state index is 12.2. The van der Waals surface area contributed by atoms with Crippen LogP contribution in [-0.2, 0) is 16.1 Å². The lowest BCUT2D eigenvalue weighted by Crippen LogP contribution is -2.35. The van der Waals surface area contributed by atoms with Gasteiger partial charge in [0.15, 0.2) is 0 Å². The minimum absolute atomic E-state index is 0.0834. The van der Waals surface area contributed by atoms with E-state index in [1.807, 2.05) is 12.1 Å². The average molecular weight is 375 g/mol. The van der Waals surface area contributed by atoms with Crippen LogP contribution < -0.4 is 5.32 Å². The lowest BCUT2D eigenvalue weighted by atomic mass is 9.81. The predicted molar refractivity (Wildman–Crippen MR) is 84.1 cm³/mol. The second-order valence-corrected chi connectivity index (χ2v) is 6.68. The van der Waals surface area contributed by atoms with E-state index in [9.17, 15) is 9.59 Å². The van der Waals surface area contributed by atoms with Crippen LogP contribution in [0.5, 0.6) is 0 Å². The molecule has 21 heavy (non-hydrogen) atoms. The monoisotopic (exact) mass is 373 g/mol. The molecule has 0 radical (unpaired) electrons. The van der Waals surface area contributed by atoms with Crippen molar-refractivity contribution in [2.45, 2.75) is 32.2 Å². The molecule has 0 spiro atoms. The van der Waals surface area contributed by atoms with Gasteiger partial charge in [0.05, 0.1) is 5.92 Å². The first-order chi connectivity index (χ1) is 9.97. The number of hydrogen-bond donors (Lipinski definition) is 2. The summed E-state index contributed by atoms with van der Waals surface area (Å²) in [5, 5.41) is 12.5. The highest BCUT2D eigenvalue weighted by Gasteiger charge is 2.30. The maximum Gasteiger partial charge on any atom is 0.306 e. The van der Waals surface area contributed by atoms with Crippen LogP contribution in [0.3, 0.4) is 0 Å². The summed E-state index contributed by atoms with van der Waals surface area (Å²) in [5.74, 6) is -1.50. The molecule has 1 aromatic rings. The third-order valence-electron chi connectivity index (χ3n) is 3.86. The molecule has 1 aromatic carbocycles. The SMILES string of the molecule is O=C(O)C1CCCC(C(=O)NCc2ccc(Br)cc2Cl)C1. The summed E-state index contributed by atoms with van der Waals surface area (Å²) in [5.41, 5.74) is 0.846. The highest BCUT2D eigenvalue weighted by molar-refractivity contribution is 9.10. The number of carboxylic acids is 1. The zero-order valence-corrected chi connectivity index (χ0v) is 13.8. The fourth-order valence-corrected chi connectivity index (χ4v) is 3.38. The molecule has 1 saturated carbocycles. The number of benzene rings is 1. The van der Waals surface area contributed by atoms with Crippen LogP contribution in [0.25, 0.3) is 0 Å². The first-order valence-electron chi connectivity index (χ1n) is 6.92. The Morgan fingerprint density at radius 1 is 1.33 bits per heavy atom. The van der Waals surface area contributed by atoms with E-state index >= 15 is 0 Å². The third kappa shape index (κ3) is 4.45. The van der Waals surface area contributed by atoms with E-state index in [1.165, 1.54) is 0 Å². The van der Waals surface area contributed by atoms with Crippen molar-refractivity contribution in [3.8, 4) is 0 Å². The van der Waals surface area contributed by atoms with E-state index in [2.05, 4.69) is 21.2 Å². The normalized spacial score (nSPS) is 21.8. The Kier molecular flexibility index (Phi) is 5.65. The Labute approximate surface area is 137 Å². The van der Waals surface area contributed by atoms with Gasteiger partial charge in [0.2, 0.25) is 5.91 Å². The molecule has 0 aromatic heterocycles. The summed E-state index contributed by atoms with van der Waals surface area (Å²) in [7, 11) is 0. The molecule has 2 N–H and O–H groups in total. The molecule has 1 aliphatic carbocycles. The van der Waals surface area contributed by atoms with Crippen LogP contribution >= 0.6 is 27.5 Å². The second-order valence-electron chi connectivity index (χ2n) is 5.35. The van der Waals surface area contributed by atoms with Crippen molar-refractivity contribution in [2.24, 2.45) is 11.8 Å². The third-order valence-corrected chi connectivity index (χ3v) is 4.71. The van der Waals surface area contributed by atoms with E-state index in [4.69, 9.17) is 16.7 Å². The minimum Gasteiger partial charge on any atom is -0.481 e. The first kappa shape index (κ1) is 16.3. The maximum atomic E-state index is 12.2. The Morgan fingerprint density at radius 2 is 2.05 bits per heavy atom. The average Bonchev–Trinajstić information content (AvgIpc) is 2.46. The molecule has 6 heteroatoms. The van der Waals surface area contributed by atoms with E-state index in [1.54, 1.807) is 6.07 Å². The van der Waals surface area contributed by atoms with Gasteiger partial charge in [0.25, 0.3) is 0 Å². The molecule has 0 heterocycles. The largest absolute Gasteiger partial charge is 0.481 e. The summed E-state index contributed by atoms with van der Waals surface area (Å²) in [6.45, 7) is 0.360. The number of hydrogen-bond acceptors (Lipinski definition) is 2. The van der Waals surface area contributed by atoms with Gasteiger partial charge in [-0.3, -0.25) is 9.59 Å². The van der Waals surface area contributed by atoms with Crippen molar-refractivity contribution in [3.63, 3.8) is 0 Å². The smallest absolute Gasteiger partial charge is 0.306 e. The lowest BCUT2D eigenvalue weighted by Gasteiger charge is -2.25. The van der Waals surface area contributed by atoms with Crippen molar-refractivity contribution in [1.82, 2.24) is 5.32 Å². The summed E-state index contributed by atoms with van der Waals surface area (Å²) in [6.07, 6.45) is 2.63. The quantitative estimate of drug-likeness (QED) is 0.846. The molecular formula is C15H17BrClNO3. The standard InChI is InChI=1S/C15H17BrClNO3/c16-12-5-4-11(13(17)7-12)8-18-14(19)9-2-1-3-10(6-9)15(20)21/h4-5,7,9-10H,1-3,6,8H2,(H,18,19)(H,20,21). The van der Waals surface area contributed by atoms with Gasteiger partial charge >= 0.3 is 5.97 Å². The minimum atomic E-state index is -0.802. The molecule has 1 amide bonds. The molecule has 4 nitrogen and oxygen atoms in total. The molecule has 1 fully saturated rings. The molecule has 0 aliphatic heterocycles. The van der Waals surface area contributed by atoms with E-state index in [0.717, 1.165) is 22.9 Å². The molecule has 2 rings (SSSR count). The van der Waals surface area contributed by atoms with E-state index in [0.29, 0.717) is 24.4 Å². The molecular weight excluding hydrogens is 358 g/mol. The van der Waals surface area contributed by atoms with Crippen LogP contribution in [-0.4, -0.2) is 17.0 Å². The van der Waals surface area contributed by atoms with Gasteiger partial charge in [-0.15, -0.1) is 0 Å². The topological polar surface area (TPSA) is 66.4 Å². The summed E-state index contributed by atoms with van der Waals surface area (Å²) in [4.78, 5) is 23.2. The van der Waals surface area contributed by atoms with E-state index in [-0.39, 0.29) is 11.8 Å². The molecule has 0 bridgehead atoms. The van der Waals surface area contributed by atoms with E-state index < -0.39 is 11.9 Å². The number of rotatable bonds is 4. The predicted octanol–water partition coefficient (Wildman–Crippen LogP) is 3.61. The van der Waals surface area contributed by atoms with Gasteiger partial charge in [-0.2, -0.15) is 0 Å². The van der Waals surface area contributed by atoms with Crippen molar-refractivity contribution in [3.05, 3.63) is 33.3 Å². The number of halogens is 2. The summed E-state index contributed by atoms with van der Waals surface area (Å²) < 4.78 is 0.888. The lowest BCUT2D eigenvalue weighted by molar-refractivity contribution is -0.144. The van der Waals surface area contributed by atoms with Crippen LogP contribution in [0.4, 0.5) is 0 Å². The number of aliphatic carboxylic acids is 1.